The lowest BCUT2D eigenvalue weighted by molar-refractivity contribution is 0.370. The maximum Gasteiger partial charge on any atom is 0.257 e. The van der Waals surface area contributed by atoms with Gasteiger partial charge in [0.25, 0.3) is 10.0 Å². The highest BCUT2D eigenvalue weighted by Gasteiger charge is 2.23. The van der Waals surface area contributed by atoms with E-state index in [0.717, 1.165) is 11.3 Å². The van der Waals surface area contributed by atoms with Crippen molar-refractivity contribution in [2.24, 2.45) is 0 Å². The van der Waals surface area contributed by atoms with Gasteiger partial charge in [0.2, 0.25) is 5.13 Å². The van der Waals surface area contributed by atoms with Gasteiger partial charge in [-0.2, -0.15) is 0 Å². The van der Waals surface area contributed by atoms with Gasteiger partial charge in [0.15, 0.2) is 11.5 Å². The number of halogens is 1. The average Bonchev–Trinajstić information content (AvgIpc) is 3.18. The molecule has 0 saturated carbocycles. The Labute approximate surface area is 182 Å². The van der Waals surface area contributed by atoms with E-state index in [0.29, 0.717) is 20.9 Å². The van der Waals surface area contributed by atoms with Gasteiger partial charge >= 0.3 is 0 Å². The molecule has 0 spiro atoms. The van der Waals surface area contributed by atoms with Gasteiger partial charge < -0.3 is 9.84 Å². The van der Waals surface area contributed by atoms with Gasteiger partial charge in [0.05, 0.1) is 28.8 Å². The number of sulfonamides is 1. The van der Waals surface area contributed by atoms with Crippen LogP contribution < -0.4 is 14.6 Å². The van der Waals surface area contributed by atoms with E-state index < -0.39 is 15.8 Å². The van der Waals surface area contributed by atoms with Crippen molar-refractivity contribution in [2.45, 2.75) is 11.4 Å². The number of nitrogens with zero attached hydrogens (tertiary/aromatic N) is 2. The first-order valence-electron chi connectivity index (χ1n) is 9.13. The predicted octanol–water partition coefficient (Wildman–Crippen LogP) is 4.05. The lowest BCUT2D eigenvalue weighted by Crippen LogP contribution is -2.41. The molecule has 10 heteroatoms. The third-order valence-corrected chi connectivity index (χ3v) is 6.88. The minimum Gasteiger partial charge on any atom is -0.504 e. The summed E-state index contributed by atoms with van der Waals surface area (Å²) in [6, 6.07) is 17.0. The standard InChI is InChI=1S/C21H18FN3O4S2/c1-29-18-9-5-6-14(20(18)26)13-25(24-31(27,28)16-7-3-2-4-8-16)21-23-17-11-10-15(22)12-19(17)30-21/h2-12,24,26H,13H2,1H3. The fourth-order valence-corrected chi connectivity index (χ4v) is 5.04. The van der Waals surface area contributed by atoms with Crippen LogP contribution in [0.5, 0.6) is 11.5 Å². The summed E-state index contributed by atoms with van der Waals surface area (Å²) in [7, 11) is -2.52. The van der Waals surface area contributed by atoms with Crippen LogP contribution in [0, 0.1) is 5.82 Å². The van der Waals surface area contributed by atoms with Crippen LogP contribution in [0.15, 0.2) is 71.6 Å². The van der Waals surface area contributed by atoms with Crippen molar-refractivity contribution in [3.8, 4) is 11.5 Å². The van der Waals surface area contributed by atoms with E-state index in [1.165, 1.54) is 42.5 Å². The van der Waals surface area contributed by atoms with E-state index in [-0.39, 0.29) is 22.9 Å². The number of thiazole rings is 1. The molecule has 0 atom stereocenters. The lowest BCUT2D eigenvalue weighted by Gasteiger charge is -2.23. The van der Waals surface area contributed by atoms with Crippen molar-refractivity contribution in [1.29, 1.82) is 0 Å². The molecule has 4 aromatic rings. The van der Waals surface area contributed by atoms with Crippen LogP contribution in [0.25, 0.3) is 10.2 Å². The number of benzene rings is 3. The zero-order valence-corrected chi connectivity index (χ0v) is 18.0. The Morgan fingerprint density at radius 3 is 2.65 bits per heavy atom. The number of rotatable bonds is 7. The van der Waals surface area contributed by atoms with Crippen molar-refractivity contribution >= 4 is 36.7 Å². The van der Waals surface area contributed by atoms with Gasteiger partial charge in [0.1, 0.15) is 5.82 Å². The number of phenolic OH excluding ortho intramolecular Hbond substituents is 1. The molecule has 0 radical (unpaired) electrons. The molecule has 0 bridgehead atoms. The van der Waals surface area contributed by atoms with E-state index in [1.54, 1.807) is 36.4 Å². The maximum atomic E-state index is 13.6. The molecule has 0 amide bonds. The minimum atomic E-state index is -3.95. The fourth-order valence-electron chi connectivity index (χ4n) is 2.97. The van der Waals surface area contributed by atoms with E-state index >= 15 is 0 Å². The summed E-state index contributed by atoms with van der Waals surface area (Å²) < 4.78 is 45.3. The molecular formula is C21H18FN3O4S2. The zero-order chi connectivity index (χ0) is 22.0. The Balaban J connectivity index is 1.76. The maximum absolute atomic E-state index is 13.6. The summed E-state index contributed by atoms with van der Waals surface area (Å²) in [4.78, 5) is 7.03. The number of para-hydroxylation sites is 1. The second kappa shape index (κ2) is 8.50. The van der Waals surface area contributed by atoms with Gasteiger partial charge in [-0.1, -0.05) is 41.7 Å². The van der Waals surface area contributed by atoms with Crippen molar-refractivity contribution in [2.75, 3.05) is 12.1 Å². The summed E-state index contributed by atoms with van der Waals surface area (Å²) in [6.45, 7) is -0.0442. The smallest absolute Gasteiger partial charge is 0.257 e. The highest BCUT2D eigenvalue weighted by atomic mass is 32.2. The van der Waals surface area contributed by atoms with E-state index in [4.69, 9.17) is 4.74 Å². The number of anilines is 1. The molecule has 0 aliphatic heterocycles. The highest BCUT2D eigenvalue weighted by Crippen LogP contribution is 2.34. The molecule has 0 unspecified atom stereocenters. The molecule has 0 aliphatic rings. The number of aromatic nitrogens is 1. The molecule has 0 aliphatic carbocycles. The molecule has 3 aromatic carbocycles. The second-order valence-corrected chi connectivity index (χ2v) is 9.24. The fraction of sp³-hybridized carbons (Fsp3) is 0.0952. The molecule has 0 fully saturated rings. The minimum absolute atomic E-state index is 0.0442. The first-order chi connectivity index (χ1) is 14.9. The van der Waals surface area contributed by atoms with Crippen LogP contribution in [-0.4, -0.2) is 25.6 Å². The Morgan fingerprint density at radius 2 is 1.90 bits per heavy atom. The Kier molecular flexibility index (Phi) is 5.77. The molecule has 4 rings (SSSR count). The Hall–Kier alpha value is -3.21. The summed E-state index contributed by atoms with van der Waals surface area (Å²) in [5, 5.41) is 12.1. The van der Waals surface area contributed by atoms with Crippen molar-refractivity contribution in [1.82, 2.24) is 9.82 Å². The monoisotopic (exact) mass is 459 g/mol. The number of hydrogen-bond acceptors (Lipinski definition) is 7. The number of aromatic hydroxyl groups is 1. The lowest BCUT2D eigenvalue weighted by atomic mass is 10.2. The quantitative estimate of drug-likeness (QED) is 0.405. The topological polar surface area (TPSA) is 91.8 Å². The van der Waals surface area contributed by atoms with E-state index in [2.05, 4.69) is 9.82 Å². The molecule has 31 heavy (non-hydrogen) atoms. The molecule has 1 aromatic heterocycles. The van der Waals surface area contributed by atoms with Crippen molar-refractivity contribution < 1.29 is 22.7 Å². The van der Waals surface area contributed by atoms with Gasteiger partial charge in [-0.05, 0) is 36.4 Å². The molecule has 2 N–H and O–H groups in total. The first kappa shape index (κ1) is 21.0. The number of phenols is 1. The number of ether oxygens (including phenoxy) is 1. The molecule has 1 heterocycles. The van der Waals surface area contributed by atoms with Crippen LogP contribution in [0.3, 0.4) is 0 Å². The Bertz CT molecular complexity index is 1330. The molecule has 0 saturated heterocycles. The van der Waals surface area contributed by atoms with Gasteiger partial charge in [-0.25, -0.2) is 17.8 Å². The summed E-state index contributed by atoms with van der Waals surface area (Å²) in [5.41, 5.74) is 0.945. The van der Waals surface area contributed by atoms with Crippen LogP contribution in [0.1, 0.15) is 5.56 Å². The molecule has 160 valence electrons. The van der Waals surface area contributed by atoms with Crippen LogP contribution in [0.2, 0.25) is 0 Å². The number of hydrogen-bond donors (Lipinski definition) is 2. The van der Waals surface area contributed by atoms with Crippen LogP contribution in [0.4, 0.5) is 9.52 Å². The van der Waals surface area contributed by atoms with Gasteiger partial charge in [-0.3, -0.25) is 5.01 Å². The zero-order valence-electron chi connectivity index (χ0n) is 16.3. The third-order valence-electron chi connectivity index (χ3n) is 4.48. The average molecular weight is 460 g/mol. The van der Waals surface area contributed by atoms with Gasteiger partial charge in [-0.15, -0.1) is 4.83 Å². The van der Waals surface area contributed by atoms with Crippen molar-refractivity contribution in [3.63, 3.8) is 0 Å². The SMILES string of the molecule is COc1cccc(CN(NS(=O)(=O)c2ccccc2)c2nc3ccc(F)cc3s2)c1O. The largest absolute Gasteiger partial charge is 0.504 e. The number of nitrogens with one attached hydrogen (secondary N) is 1. The summed E-state index contributed by atoms with van der Waals surface area (Å²) in [6.07, 6.45) is 0. The third kappa shape index (κ3) is 4.46. The number of methoxy groups -OCH3 is 1. The molecule has 7 nitrogen and oxygen atoms in total. The summed E-state index contributed by atoms with van der Waals surface area (Å²) >= 11 is 1.13. The van der Waals surface area contributed by atoms with E-state index in [9.17, 15) is 17.9 Å². The van der Waals surface area contributed by atoms with Gasteiger partial charge in [0, 0.05) is 5.56 Å². The van der Waals surface area contributed by atoms with Crippen LogP contribution in [-0.2, 0) is 16.6 Å². The van der Waals surface area contributed by atoms with Crippen LogP contribution >= 0.6 is 11.3 Å². The number of hydrazine groups is 1. The second-order valence-electron chi connectivity index (χ2n) is 6.57. The summed E-state index contributed by atoms with van der Waals surface area (Å²) in [5.74, 6) is -0.264. The first-order valence-corrected chi connectivity index (χ1v) is 11.4. The molecular weight excluding hydrogens is 441 g/mol. The van der Waals surface area contributed by atoms with E-state index in [1.807, 2.05) is 0 Å². The highest BCUT2D eigenvalue weighted by molar-refractivity contribution is 7.89. The Morgan fingerprint density at radius 1 is 1.13 bits per heavy atom. The predicted molar refractivity (Wildman–Crippen MR) is 117 cm³/mol. The van der Waals surface area contributed by atoms with Crippen molar-refractivity contribution in [3.05, 3.63) is 78.1 Å². The normalized spacial score (nSPS) is 11.5. The number of fused-ring (bicyclic) bond motifs is 1.